The highest BCUT2D eigenvalue weighted by Gasteiger charge is 2.25. The fraction of sp³-hybridized carbons (Fsp3) is 0.583. The lowest BCUT2D eigenvalue weighted by Crippen LogP contribution is -2.46. The van der Waals surface area contributed by atoms with Crippen molar-refractivity contribution in [2.45, 2.75) is 72.1 Å². The third-order valence-electron chi connectivity index (χ3n) is 4.61. The number of carbonyl (C=O) groups is 3. The monoisotopic (exact) mass is 526 g/mol. The van der Waals surface area contributed by atoms with Gasteiger partial charge in [0.1, 0.15) is 23.9 Å². The van der Waals surface area contributed by atoms with Gasteiger partial charge in [-0.3, -0.25) is 14.4 Å². The number of amides is 3. The molecule has 202 valence electrons. The number of rotatable bonds is 12. The van der Waals surface area contributed by atoms with E-state index in [1.165, 1.54) is 29.0 Å². The number of ether oxygens (including phenoxy) is 1. The average molecular weight is 527 g/mol. The van der Waals surface area contributed by atoms with Gasteiger partial charge < -0.3 is 25.3 Å². The Bertz CT molecular complexity index is 1100. The van der Waals surface area contributed by atoms with E-state index in [4.69, 9.17) is 4.74 Å². The topological polar surface area (TPSA) is 153 Å². The minimum absolute atomic E-state index is 0.0520. The van der Waals surface area contributed by atoms with E-state index in [9.17, 15) is 27.6 Å². The fourth-order valence-corrected chi connectivity index (χ4v) is 3.40. The Balaban J connectivity index is 2.97. The summed E-state index contributed by atoms with van der Waals surface area (Å²) in [4.78, 5) is 50.2. The second-order valence-electron chi connectivity index (χ2n) is 9.85. The van der Waals surface area contributed by atoms with Gasteiger partial charge >= 0.3 is 6.09 Å². The second-order valence-corrected chi connectivity index (χ2v) is 11.8. The SMILES string of the molecule is CC(C)CCNC(=O)Cn1cccc(NC(=O)[C@H](CC/C=C/S(C)(=O)=O)NC(=O)OC(C)(C)C)c1=O. The van der Waals surface area contributed by atoms with Gasteiger partial charge in [-0.2, -0.15) is 0 Å². The van der Waals surface area contributed by atoms with E-state index < -0.39 is 39.0 Å². The van der Waals surface area contributed by atoms with Crippen molar-refractivity contribution in [1.82, 2.24) is 15.2 Å². The summed E-state index contributed by atoms with van der Waals surface area (Å²) in [5.41, 5.74) is -1.46. The molecule has 1 heterocycles. The summed E-state index contributed by atoms with van der Waals surface area (Å²) in [5, 5.41) is 8.71. The van der Waals surface area contributed by atoms with Crippen molar-refractivity contribution in [3.05, 3.63) is 40.2 Å². The van der Waals surface area contributed by atoms with Crippen LogP contribution in [0, 0.1) is 5.92 Å². The highest BCUT2D eigenvalue weighted by molar-refractivity contribution is 7.93. The maximum absolute atomic E-state index is 12.9. The number of carbonyl (C=O) groups excluding carboxylic acids is 3. The summed E-state index contributed by atoms with van der Waals surface area (Å²) >= 11 is 0. The van der Waals surface area contributed by atoms with Crippen LogP contribution in [0.3, 0.4) is 0 Å². The van der Waals surface area contributed by atoms with Crippen LogP contribution in [0.4, 0.5) is 10.5 Å². The van der Waals surface area contributed by atoms with Crippen LogP contribution in [0.5, 0.6) is 0 Å². The molecule has 0 saturated carbocycles. The van der Waals surface area contributed by atoms with Gasteiger partial charge in [0.05, 0.1) is 0 Å². The Hall–Kier alpha value is -3.15. The molecule has 0 aliphatic heterocycles. The van der Waals surface area contributed by atoms with Crippen molar-refractivity contribution >= 4 is 33.4 Å². The summed E-state index contributed by atoms with van der Waals surface area (Å²) in [6.07, 6.45) is 4.04. The Morgan fingerprint density at radius 2 is 1.83 bits per heavy atom. The number of alkyl carbamates (subject to hydrolysis) is 1. The zero-order valence-corrected chi connectivity index (χ0v) is 22.6. The Kier molecular flexibility index (Phi) is 11.8. The Labute approximate surface area is 212 Å². The molecule has 3 amide bonds. The molecule has 1 rings (SSSR count). The molecule has 0 saturated heterocycles. The molecule has 0 unspecified atom stereocenters. The van der Waals surface area contributed by atoms with Crippen molar-refractivity contribution in [3.63, 3.8) is 0 Å². The lowest BCUT2D eigenvalue weighted by atomic mass is 10.1. The maximum atomic E-state index is 12.9. The summed E-state index contributed by atoms with van der Waals surface area (Å²) < 4.78 is 29.0. The third kappa shape index (κ3) is 13.1. The van der Waals surface area contributed by atoms with E-state index in [1.54, 1.807) is 20.8 Å². The van der Waals surface area contributed by atoms with Crippen LogP contribution in [0.1, 0.15) is 53.9 Å². The largest absolute Gasteiger partial charge is 0.444 e. The second kappa shape index (κ2) is 13.8. The lowest BCUT2D eigenvalue weighted by Gasteiger charge is -2.23. The number of nitrogens with zero attached hydrogens (tertiary/aromatic N) is 1. The van der Waals surface area contributed by atoms with Crippen molar-refractivity contribution in [2.75, 3.05) is 18.1 Å². The first-order valence-corrected chi connectivity index (χ1v) is 13.7. The number of hydrogen-bond acceptors (Lipinski definition) is 7. The summed E-state index contributed by atoms with van der Waals surface area (Å²) in [6, 6.07) is 1.79. The standard InChI is InChI=1S/C24H38N4O7S/c1-17(2)12-13-25-20(29)16-28-14-9-11-19(22(28)31)26-21(30)18(10-7-8-15-36(6,33)34)27-23(32)35-24(3,4)5/h8-9,11,14-15,17-18H,7,10,12-13,16H2,1-6H3,(H,25,29)(H,26,30)(H,27,32)/b15-8+/t18-/m0/s1. The number of nitrogens with one attached hydrogen (secondary N) is 3. The predicted octanol–water partition coefficient (Wildman–Crippen LogP) is 2.18. The number of sulfone groups is 1. The molecule has 0 aliphatic rings. The minimum atomic E-state index is -3.34. The van der Waals surface area contributed by atoms with Crippen molar-refractivity contribution < 1.29 is 27.5 Å². The molecule has 0 fully saturated rings. The van der Waals surface area contributed by atoms with Crippen LogP contribution in [-0.4, -0.2) is 55.3 Å². The van der Waals surface area contributed by atoms with Crippen molar-refractivity contribution in [3.8, 4) is 0 Å². The van der Waals surface area contributed by atoms with Gasteiger partial charge in [0, 0.05) is 24.4 Å². The summed E-state index contributed by atoms with van der Waals surface area (Å²) in [7, 11) is -3.34. The number of allylic oxidation sites excluding steroid dienone is 1. The molecule has 1 aromatic heterocycles. The van der Waals surface area contributed by atoms with E-state index in [0.29, 0.717) is 12.5 Å². The normalized spacial score (nSPS) is 12.9. The summed E-state index contributed by atoms with van der Waals surface area (Å²) in [5.74, 6) is -0.594. The smallest absolute Gasteiger partial charge is 0.408 e. The quantitative estimate of drug-likeness (QED) is 0.377. The zero-order valence-electron chi connectivity index (χ0n) is 21.8. The lowest BCUT2D eigenvalue weighted by molar-refractivity contribution is -0.121. The molecule has 3 N–H and O–H groups in total. The van der Waals surface area contributed by atoms with Gasteiger partial charge in [-0.1, -0.05) is 19.9 Å². The predicted molar refractivity (Wildman–Crippen MR) is 138 cm³/mol. The first kappa shape index (κ1) is 30.9. The van der Waals surface area contributed by atoms with Gasteiger partial charge in [-0.15, -0.1) is 0 Å². The molecule has 0 aliphatic carbocycles. The highest BCUT2D eigenvalue weighted by atomic mass is 32.2. The Morgan fingerprint density at radius 1 is 1.17 bits per heavy atom. The van der Waals surface area contributed by atoms with Crippen LogP contribution in [0.2, 0.25) is 0 Å². The van der Waals surface area contributed by atoms with Gasteiger partial charge in [0.2, 0.25) is 11.8 Å². The van der Waals surface area contributed by atoms with E-state index in [0.717, 1.165) is 18.1 Å². The van der Waals surface area contributed by atoms with Crippen molar-refractivity contribution in [2.24, 2.45) is 5.92 Å². The van der Waals surface area contributed by atoms with Crippen LogP contribution in [0.15, 0.2) is 34.6 Å². The highest BCUT2D eigenvalue weighted by Crippen LogP contribution is 2.10. The van der Waals surface area contributed by atoms with Gasteiger partial charge in [-0.25, -0.2) is 13.2 Å². The fourth-order valence-electron chi connectivity index (χ4n) is 2.91. The number of anilines is 1. The van der Waals surface area contributed by atoms with Crippen molar-refractivity contribution in [1.29, 1.82) is 0 Å². The number of aromatic nitrogens is 1. The molecule has 0 radical (unpaired) electrons. The maximum Gasteiger partial charge on any atom is 0.408 e. The molecule has 0 spiro atoms. The summed E-state index contributed by atoms with van der Waals surface area (Å²) in [6.45, 7) is 9.36. The van der Waals surface area contributed by atoms with Gasteiger partial charge in [0.25, 0.3) is 5.56 Å². The Morgan fingerprint density at radius 3 is 2.42 bits per heavy atom. The molecule has 36 heavy (non-hydrogen) atoms. The molecule has 11 nitrogen and oxygen atoms in total. The van der Waals surface area contributed by atoms with Gasteiger partial charge in [0.15, 0.2) is 9.84 Å². The van der Waals surface area contributed by atoms with Crippen LogP contribution in [-0.2, 0) is 30.7 Å². The molecule has 1 aromatic rings. The molecule has 0 bridgehead atoms. The third-order valence-corrected chi connectivity index (χ3v) is 5.30. The van der Waals surface area contributed by atoms with E-state index >= 15 is 0 Å². The molecule has 1 atom stereocenters. The van der Waals surface area contributed by atoms with E-state index in [-0.39, 0.29) is 31.0 Å². The van der Waals surface area contributed by atoms with Gasteiger partial charge in [-0.05, 0) is 58.1 Å². The van der Waals surface area contributed by atoms with Crippen LogP contribution >= 0.6 is 0 Å². The average Bonchev–Trinajstić information content (AvgIpc) is 2.70. The molecule has 12 heteroatoms. The molecular weight excluding hydrogens is 488 g/mol. The zero-order chi connectivity index (χ0) is 27.5. The molecule has 0 aromatic carbocycles. The van der Waals surface area contributed by atoms with Crippen LogP contribution in [0.25, 0.3) is 0 Å². The molecular formula is C24H38N4O7S. The van der Waals surface area contributed by atoms with E-state index in [1.807, 2.05) is 13.8 Å². The number of pyridine rings is 1. The van der Waals surface area contributed by atoms with E-state index in [2.05, 4.69) is 16.0 Å². The minimum Gasteiger partial charge on any atom is -0.444 e. The number of hydrogen-bond donors (Lipinski definition) is 3. The first-order chi connectivity index (χ1) is 16.6. The van der Waals surface area contributed by atoms with Crippen LogP contribution < -0.4 is 21.5 Å². The first-order valence-electron chi connectivity index (χ1n) is 11.7.